The molecule has 2 unspecified atom stereocenters. The van der Waals surface area contributed by atoms with Crippen molar-refractivity contribution in [3.05, 3.63) is 12.7 Å². The fraction of sp³-hybridized carbons (Fsp3) is 0.778. The molecule has 1 aliphatic carbocycles. The molecule has 0 bridgehead atoms. The van der Waals surface area contributed by atoms with Gasteiger partial charge >= 0.3 is 0 Å². The third-order valence-electron chi connectivity index (χ3n) is 2.48. The summed E-state index contributed by atoms with van der Waals surface area (Å²) in [6, 6.07) is 0.352. The average molecular weight is 139 g/mol. The van der Waals surface area contributed by atoms with E-state index in [2.05, 4.69) is 13.5 Å². The SMILES string of the molecule is C=CCC(N)C(C)C1CC1. The third kappa shape index (κ3) is 1.84. The van der Waals surface area contributed by atoms with Crippen LogP contribution in [-0.4, -0.2) is 6.04 Å². The van der Waals surface area contributed by atoms with Crippen molar-refractivity contribution in [1.29, 1.82) is 0 Å². The molecule has 58 valence electrons. The van der Waals surface area contributed by atoms with E-state index >= 15 is 0 Å². The van der Waals surface area contributed by atoms with E-state index in [-0.39, 0.29) is 0 Å². The Balaban J connectivity index is 2.23. The van der Waals surface area contributed by atoms with E-state index in [1.807, 2.05) is 6.08 Å². The van der Waals surface area contributed by atoms with Gasteiger partial charge in [-0.3, -0.25) is 0 Å². The Labute approximate surface area is 63.3 Å². The quantitative estimate of drug-likeness (QED) is 0.592. The Morgan fingerprint density at radius 1 is 1.70 bits per heavy atom. The molecule has 0 amide bonds. The van der Waals surface area contributed by atoms with E-state index in [9.17, 15) is 0 Å². The van der Waals surface area contributed by atoms with Gasteiger partial charge in [0, 0.05) is 6.04 Å². The van der Waals surface area contributed by atoms with Crippen LogP contribution in [0.3, 0.4) is 0 Å². The Morgan fingerprint density at radius 3 is 2.70 bits per heavy atom. The van der Waals surface area contributed by atoms with Crippen LogP contribution >= 0.6 is 0 Å². The molecule has 1 saturated carbocycles. The Hall–Kier alpha value is -0.300. The van der Waals surface area contributed by atoms with Crippen molar-refractivity contribution in [2.75, 3.05) is 0 Å². The molecule has 2 N–H and O–H groups in total. The van der Waals surface area contributed by atoms with Gasteiger partial charge in [-0.25, -0.2) is 0 Å². The van der Waals surface area contributed by atoms with Gasteiger partial charge in [0.2, 0.25) is 0 Å². The second kappa shape index (κ2) is 3.20. The molecule has 0 aromatic rings. The predicted molar refractivity (Wildman–Crippen MR) is 44.7 cm³/mol. The zero-order valence-corrected chi connectivity index (χ0v) is 6.72. The van der Waals surface area contributed by atoms with Gasteiger partial charge < -0.3 is 5.73 Å². The normalized spacial score (nSPS) is 23.8. The lowest BCUT2D eigenvalue weighted by molar-refractivity contribution is 0.409. The first-order valence-corrected chi connectivity index (χ1v) is 4.12. The van der Waals surface area contributed by atoms with E-state index in [1.54, 1.807) is 0 Å². The van der Waals surface area contributed by atoms with Crippen LogP contribution in [0.1, 0.15) is 26.2 Å². The van der Waals surface area contributed by atoms with Crippen LogP contribution in [0.25, 0.3) is 0 Å². The molecular formula is C9H17N. The zero-order valence-electron chi connectivity index (χ0n) is 6.72. The van der Waals surface area contributed by atoms with Crippen molar-refractivity contribution in [1.82, 2.24) is 0 Å². The Kier molecular flexibility index (Phi) is 2.50. The van der Waals surface area contributed by atoms with Crippen molar-refractivity contribution < 1.29 is 0 Å². The number of hydrogen-bond acceptors (Lipinski definition) is 1. The monoisotopic (exact) mass is 139 g/mol. The molecule has 1 fully saturated rings. The molecule has 10 heavy (non-hydrogen) atoms. The molecule has 0 aromatic carbocycles. The largest absolute Gasteiger partial charge is 0.327 e. The first-order valence-electron chi connectivity index (χ1n) is 4.12. The van der Waals surface area contributed by atoms with E-state index in [1.165, 1.54) is 12.8 Å². The van der Waals surface area contributed by atoms with Crippen molar-refractivity contribution in [2.24, 2.45) is 17.6 Å². The van der Waals surface area contributed by atoms with Crippen LogP contribution in [0, 0.1) is 11.8 Å². The number of rotatable bonds is 4. The summed E-state index contributed by atoms with van der Waals surface area (Å²) in [5, 5.41) is 0. The second-order valence-corrected chi connectivity index (χ2v) is 3.38. The molecule has 0 heterocycles. The molecule has 0 aromatic heterocycles. The smallest absolute Gasteiger partial charge is 0.0102 e. The summed E-state index contributed by atoms with van der Waals surface area (Å²) in [4.78, 5) is 0. The zero-order chi connectivity index (χ0) is 7.56. The highest BCUT2D eigenvalue weighted by Crippen LogP contribution is 2.38. The highest BCUT2D eigenvalue weighted by Gasteiger charge is 2.30. The van der Waals surface area contributed by atoms with E-state index in [0.717, 1.165) is 12.3 Å². The molecule has 0 aliphatic heterocycles. The van der Waals surface area contributed by atoms with E-state index in [0.29, 0.717) is 12.0 Å². The van der Waals surface area contributed by atoms with Crippen LogP contribution in [0.2, 0.25) is 0 Å². The molecule has 0 saturated heterocycles. The van der Waals surface area contributed by atoms with Crippen molar-refractivity contribution >= 4 is 0 Å². The lowest BCUT2D eigenvalue weighted by Crippen LogP contribution is -2.28. The summed E-state index contributed by atoms with van der Waals surface area (Å²) >= 11 is 0. The van der Waals surface area contributed by atoms with Gasteiger partial charge in [-0.05, 0) is 31.1 Å². The molecular weight excluding hydrogens is 122 g/mol. The Bertz CT molecular complexity index is 116. The fourth-order valence-corrected chi connectivity index (χ4v) is 1.38. The minimum atomic E-state index is 0.352. The molecule has 1 nitrogen and oxygen atoms in total. The van der Waals surface area contributed by atoms with Crippen LogP contribution in [0.5, 0.6) is 0 Å². The Morgan fingerprint density at radius 2 is 2.30 bits per heavy atom. The van der Waals surface area contributed by atoms with Gasteiger partial charge in [0.15, 0.2) is 0 Å². The summed E-state index contributed by atoms with van der Waals surface area (Å²) in [6.07, 6.45) is 5.68. The molecule has 0 radical (unpaired) electrons. The van der Waals surface area contributed by atoms with Crippen molar-refractivity contribution in [3.8, 4) is 0 Å². The summed E-state index contributed by atoms with van der Waals surface area (Å²) < 4.78 is 0. The van der Waals surface area contributed by atoms with Gasteiger partial charge in [-0.2, -0.15) is 0 Å². The van der Waals surface area contributed by atoms with Crippen LogP contribution < -0.4 is 5.73 Å². The molecule has 1 heteroatoms. The second-order valence-electron chi connectivity index (χ2n) is 3.38. The minimum absolute atomic E-state index is 0.352. The topological polar surface area (TPSA) is 26.0 Å². The van der Waals surface area contributed by atoms with Gasteiger partial charge in [0.05, 0.1) is 0 Å². The minimum Gasteiger partial charge on any atom is -0.327 e. The number of hydrogen-bond donors (Lipinski definition) is 1. The summed E-state index contributed by atoms with van der Waals surface area (Å²) in [5.41, 5.74) is 5.90. The maximum absolute atomic E-state index is 5.90. The molecule has 2 atom stereocenters. The summed E-state index contributed by atoms with van der Waals surface area (Å²) in [7, 11) is 0. The third-order valence-corrected chi connectivity index (χ3v) is 2.48. The lowest BCUT2D eigenvalue weighted by atomic mass is 9.95. The molecule has 1 aliphatic rings. The van der Waals surface area contributed by atoms with E-state index < -0.39 is 0 Å². The van der Waals surface area contributed by atoms with Gasteiger partial charge in [-0.15, -0.1) is 6.58 Å². The molecule has 1 rings (SSSR count). The highest BCUT2D eigenvalue weighted by atomic mass is 14.7. The van der Waals surface area contributed by atoms with Crippen LogP contribution in [0.15, 0.2) is 12.7 Å². The average Bonchev–Trinajstić information content (AvgIpc) is 2.68. The van der Waals surface area contributed by atoms with Crippen molar-refractivity contribution in [2.45, 2.75) is 32.2 Å². The fourth-order valence-electron chi connectivity index (χ4n) is 1.38. The first kappa shape index (κ1) is 7.80. The highest BCUT2D eigenvalue weighted by molar-refractivity contribution is 4.87. The van der Waals surface area contributed by atoms with Gasteiger partial charge in [-0.1, -0.05) is 13.0 Å². The maximum Gasteiger partial charge on any atom is 0.0102 e. The van der Waals surface area contributed by atoms with Crippen LogP contribution in [0.4, 0.5) is 0 Å². The number of nitrogens with two attached hydrogens (primary N) is 1. The summed E-state index contributed by atoms with van der Waals surface area (Å²) in [5.74, 6) is 1.63. The summed E-state index contributed by atoms with van der Waals surface area (Å²) in [6.45, 7) is 5.94. The lowest BCUT2D eigenvalue weighted by Gasteiger charge is -2.16. The maximum atomic E-state index is 5.90. The van der Waals surface area contributed by atoms with Crippen LogP contribution in [-0.2, 0) is 0 Å². The van der Waals surface area contributed by atoms with Gasteiger partial charge in [0.25, 0.3) is 0 Å². The van der Waals surface area contributed by atoms with Crippen molar-refractivity contribution in [3.63, 3.8) is 0 Å². The van der Waals surface area contributed by atoms with Gasteiger partial charge in [0.1, 0.15) is 0 Å². The first-order chi connectivity index (χ1) is 4.75. The molecule has 0 spiro atoms. The predicted octanol–water partition coefficient (Wildman–Crippen LogP) is 1.94. The van der Waals surface area contributed by atoms with E-state index in [4.69, 9.17) is 5.73 Å². The standard InChI is InChI=1S/C9H17N/c1-3-4-9(10)7(2)8-5-6-8/h3,7-9H,1,4-6,10H2,2H3.